The number of hydrogen-bond acceptors (Lipinski definition) is 5. The van der Waals surface area contributed by atoms with Crippen molar-refractivity contribution in [1.29, 1.82) is 0 Å². The van der Waals surface area contributed by atoms with Gasteiger partial charge in [-0.2, -0.15) is 0 Å². The highest BCUT2D eigenvalue weighted by Gasteiger charge is 2.38. The van der Waals surface area contributed by atoms with Gasteiger partial charge in [0.25, 0.3) is 5.91 Å². The largest absolute Gasteiger partial charge is 0.444 e. The lowest BCUT2D eigenvalue weighted by Gasteiger charge is -2.29. The number of likely N-dealkylation sites (tertiary alicyclic amines) is 1. The molecule has 3 amide bonds. The maximum Gasteiger partial charge on any atom is 0.407 e. The lowest BCUT2D eigenvalue weighted by Crippen LogP contribution is -2.50. The first-order valence-corrected chi connectivity index (χ1v) is 12.3. The van der Waals surface area contributed by atoms with E-state index in [9.17, 15) is 19.5 Å². The van der Waals surface area contributed by atoms with Crippen LogP contribution in [0.25, 0.3) is 0 Å². The van der Waals surface area contributed by atoms with Gasteiger partial charge in [-0.15, -0.1) is 0 Å². The number of halogens is 1. The van der Waals surface area contributed by atoms with E-state index in [-0.39, 0.29) is 30.8 Å². The second-order valence-electron chi connectivity index (χ2n) is 9.70. The molecule has 0 saturated carbocycles. The third-order valence-corrected chi connectivity index (χ3v) is 6.27. The molecular weight excluding hydrogens is 458 g/mol. The molecule has 0 radical (unpaired) electrons. The van der Waals surface area contributed by atoms with Crippen LogP contribution in [0, 0.1) is 5.92 Å². The monoisotopic (exact) mass is 495 g/mol. The molecule has 8 nitrogen and oxygen atoms in total. The Morgan fingerprint density at radius 3 is 2.41 bits per heavy atom. The number of nitrogens with one attached hydrogen (secondary N) is 2. The second-order valence-corrected chi connectivity index (χ2v) is 10.1. The Bertz CT molecular complexity index is 867. The molecule has 1 heterocycles. The van der Waals surface area contributed by atoms with E-state index in [1.807, 2.05) is 13.8 Å². The number of amides is 3. The molecule has 0 bridgehead atoms. The number of carbonyl (C=O) groups excluding carboxylic acids is 3. The van der Waals surface area contributed by atoms with Crippen LogP contribution < -0.4 is 10.6 Å². The second kappa shape index (κ2) is 12.4. The number of rotatable bonds is 9. The summed E-state index contributed by atoms with van der Waals surface area (Å²) in [4.78, 5) is 39.4. The first-order chi connectivity index (χ1) is 16.0. The van der Waals surface area contributed by atoms with Crippen LogP contribution in [0.2, 0.25) is 5.02 Å². The van der Waals surface area contributed by atoms with Gasteiger partial charge in [0.2, 0.25) is 5.91 Å². The third kappa shape index (κ3) is 7.87. The predicted molar refractivity (Wildman–Crippen MR) is 131 cm³/mol. The van der Waals surface area contributed by atoms with Crippen molar-refractivity contribution in [2.45, 2.75) is 91.1 Å². The molecule has 9 heteroatoms. The topological polar surface area (TPSA) is 108 Å². The summed E-state index contributed by atoms with van der Waals surface area (Å²) in [6.07, 6.45) is 1.03. The van der Waals surface area contributed by atoms with E-state index in [0.717, 1.165) is 11.1 Å². The first-order valence-electron chi connectivity index (χ1n) is 12.0. The zero-order valence-electron chi connectivity index (χ0n) is 20.8. The number of aliphatic hydroxyl groups excluding tert-OH is 1. The minimum absolute atomic E-state index is 0.122. The quantitative estimate of drug-likeness (QED) is 0.483. The maximum absolute atomic E-state index is 13.0. The average Bonchev–Trinajstić information content (AvgIpc) is 3.25. The fourth-order valence-corrected chi connectivity index (χ4v) is 4.32. The van der Waals surface area contributed by atoms with Gasteiger partial charge in [0.1, 0.15) is 17.7 Å². The number of hydrogen-bond donors (Lipinski definition) is 3. The third-order valence-electron chi connectivity index (χ3n) is 6.03. The molecule has 2 rings (SSSR count). The summed E-state index contributed by atoms with van der Waals surface area (Å²) < 4.78 is 5.27. The molecule has 1 aromatic carbocycles. The summed E-state index contributed by atoms with van der Waals surface area (Å²) in [5.41, 5.74) is 0.941. The van der Waals surface area contributed by atoms with Crippen LogP contribution in [0.5, 0.6) is 0 Å². The Balaban J connectivity index is 2.02. The summed E-state index contributed by atoms with van der Waals surface area (Å²) in [5.74, 6) is -0.770. The standard InChI is InChI=1S/C25H38ClN3O5/c1-6-16(7-2)21(30)23(32)29-12-8-9-20(29)22(31)27-15-18-13-19(26)11-10-17(18)14-28-24(33)34-25(3,4)5/h10-11,13,16,20-21,30H,6-9,12,14-15H2,1-5H3,(H,27,31)(H,28,33)/t20-,21?/m0/s1. The van der Waals surface area contributed by atoms with Gasteiger partial charge in [-0.25, -0.2) is 4.79 Å². The molecule has 1 fully saturated rings. The van der Waals surface area contributed by atoms with Crippen molar-refractivity contribution in [1.82, 2.24) is 15.5 Å². The lowest BCUT2D eigenvalue weighted by atomic mass is 9.95. The molecule has 1 aromatic rings. The number of aliphatic hydroxyl groups is 1. The molecule has 0 spiro atoms. The molecule has 3 N–H and O–H groups in total. The summed E-state index contributed by atoms with van der Waals surface area (Å²) in [6.45, 7) is 10.1. The van der Waals surface area contributed by atoms with Crippen molar-refractivity contribution in [2.75, 3.05) is 6.54 Å². The van der Waals surface area contributed by atoms with Gasteiger partial charge >= 0.3 is 6.09 Å². The van der Waals surface area contributed by atoms with Crippen LogP contribution >= 0.6 is 11.6 Å². The van der Waals surface area contributed by atoms with Gasteiger partial charge < -0.3 is 25.4 Å². The maximum atomic E-state index is 13.0. The zero-order chi connectivity index (χ0) is 25.5. The molecule has 0 aromatic heterocycles. The minimum Gasteiger partial charge on any atom is -0.444 e. The smallest absolute Gasteiger partial charge is 0.407 e. The summed E-state index contributed by atoms with van der Waals surface area (Å²) in [5, 5.41) is 16.6. The Morgan fingerprint density at radius 1 is 1.15 bits per heavy atom. The number of carbonyl (C=O) groups is 3. The zero-order valence-corrected chi connectivity index (χ0v) is 21.6. The fourth-order valence-electron chi connectivity index (χ4n) is 4.12. The highest BCUT2D eigenvalue weighted by Crippen LogP contribution is 2.23. The fraction of sp³-hybridized carbons (Fsp3) is 0.640. The lowest BCUT2D eigenvalue weighted by molar-refractivity contribution is -0.147. The molecule has 190 valence electrons. The van der Waals surface area contributed by atoms with Gasteiger partial charge in [-0.05, 0) is 62.8 Å². The van der Waals surface area contributed by atoms with Crippen molar-refractivity contribution in [2.24, 2.45) is 5.92 Å². The number of nitrogens with zero attached hydrogens (tertiary/aromatic N) is 1. The molecule has 1 unspecified atom stereocenters. The molecule has 1 saturated heterocycles. The van der Waals surface area contributed by atoms with Gasteiger partial charge in [-0.1, -0.05) is 44.4 Å². The van der Waals surface area contributed by atoms with Crippen molar-refractivity contribution < 1.29 is 24.2 Å². The van der Waals surface area contributed by atoms with Crippen LogP contribution in [0.3, 0.4) is 0 Å². The van der Waals surface area contributed by atoms with Gasteiger partial charge in [0, 0.05) is 24.7 Å². The first kappa shape index (κ1) is 27.9. The predicted octanol–water partition coefficient (Wildman–Crippen LogP) is 3.77. The van der Waals surface area contributed by atoms with E-state index in [1.54, 1.807) is 39.0 Å². The van der Waals surface area contributed by atoms with Crippen LogP contribution in [-0.2, 0) is 27.4 Å². The van der Waals surface area contributed by atoms with Crippen LogP contribution in [0.15, 0.2) is 18.2 Å². The van der Waals surface area contributed by atoms with E-state index < -0.39 is 23.8 Å². The molecule has 1 aliphatic rings. The van der Waals surface area contributed by atoms with Crippen LogP contribution in [-0.4, -0.2) is 52.2 Å². The van der Waals surface area contributed by atoms with E-state index in [1.165, 1.54) is 4.90 Å². The van der Waals surface area contributed by atoms with Crippen LogP contribution in [0.1, 0.15) is 71.4 Å². The molecule has 34 heavy (non-hydrogen) atoms. The Labute approximate surface area is 207 Å². The molecular formula is C25H38ClN3O5. The minimum atomic E-state index is -1.10. The van der Waals surface area contributed by atoms with Crippen molar-refractivity contribution in [3.63, 3.8) is 0 Å². The Kier molecular flexibility index (Phi) is 10.2. The normalized spacial score (nSPS) is 16.9. The molecule has 1 aliphatic heterocycles. The number of alkyl carbamates (subject to hydrolysis) is 1. The Hall–Kier alpha value is -2.32. The molecule has 2 atom stereocenters. The van der Waals surface area contributed by atoms with Gasteiger partial charge in [0.15, 0.2) is 0 Å². The summed E-state index contributed by atoms with van der Waals surface area (Å²) >= 11 is 6.16. The Morgan fingerprint density at radius 2 is 1.79 bits per heavy atom. The van der Waals surface area contributed by atoms with E-state index in [2.05, 4.69) is 10.6 Å². The average molecular weight is 496 g/mol. The van der Waals surface area contributed by atoms with Gasteiger partial charge in [-0.3, -0.25) is 9.59 Å². The highest BCUT2D eigenvalue weighted by molar-refractivity contribution is 6.30. The summed E-state index contributed by atoms with van der Waals surface area (Å²) in [7, 11) is 0. The molecule has 0 aliphatic carbocycles. The van der Waals surface area contributed by atoms with Crippen LogP contribution in [0.4, 0.5) is 4.79 Å². The van der Waals surface area contributed by atoms with Crippen molar-refractivity contribution in [3.8, 4) is 0 Å². The van der Waals surface area contributed by atoms with Crippen molar-refractivity contribution in [3.05, 3.63) is 34.3 Å². The SMILES string of the molecule is CCC(CC)C(O)C(=O)N1CCC[C@H]1C(=O)NCc1cc(Cl)ccc1CNC(=O)OC(C)(C)C. The highest BCUT2D eigenvalue weighted by atomic mass is 35.5. The van der Waals surface area contributed by atoms with Crippen molar-refractivity contribution >= 4 is 29.5 Å². The van der Waals surface area contributed by atoms with Gasteiger partial charge in [0.05, 0.1) is 0 Å². The van der Waals surface area contributed by atoms with E-state index in [0.29, 0.717) is 37.3 Å². The van der Waals surface area contributed by atoms with E-state index >= 15 is 0 Å². The summed E-state index contributed by atoms with van der Waals surface area (Å²) in [6, 6.07) is 4.63. The number of ether oxygens (including phenoxy) is 1. The number of benzene rings is 1. The van der Waals surface area contributed by atoms with E-state index in [4.69, 9.17) is 16.3 Å².